The molecule has 0 saturated heterocycles. The van der Waals surface area contributed by atoms with Crippen LogP contribution in [0.15, 0.2) is 72.8 Å². The van der Waals surface area contributed by atoms with Crippen LogP contribution < -0.4 is 14.2 Å². The summed E-state index contributed by atoms with van der Waals surface area (Å²) < 4.78 is 17.7. The van der Waals surface area contributed by atoms with E-state index in [9.17, 15) is 0 Å². The van der Waals surface area contributed by atoms with Gasteiger partial charge in [0.1, 0.15) is 17.2 Å². The summed E-state index contributed by atoms with van der Waals surface area (Å²) in [7, 11) is 0. The first-order valence-electron chi connectivity index (χ1n) is 11.4. The summed E-state index contributed by atoms with van der Waals surface area (Å²) in [4.78, 5) is 13.0. The van der Waals surface area contributed by atoms with Crippen LogP contribution >= 0.6 is 0 Å². The lowest BCUT2D eigenvalue weighted by atomic mass is 10.0. The smallest absolute Gasteiger partial charge is 0.331 e. The molecule has 0 aliphatic heterocycles. The van der Waals surface area contributed by atoms with Gasteiger partial charge >= 0.3 is 18.0 Å². The molecule has 0 aliphatic carbocycles. The number of aryl methyl sites for hydroxylation is 1. The van der Waals surface area contributed by atoms with Crippen LogP contribution in [-0.4, -0.2) is 15.0 Å². The third kappa shape index (κ3) is 6.10. The van der Waals surface area contributed by atoms with Crippen molar-refractivity contribution in [2.75, 3.05) is 0 Å². The second kappa shape index (κ2) is 10.3. The number of benzene rings is 3. The zero-order valence-electron chi connectivity index (χ0n) is 20.1. The van der Waals surface area contributed by atoms with Crippen LogP contribution in [0.2, 0.25) is 0 Å². The van der Waals surface area contributed by atoms with Gasteiger partial charge in [0, 0.05) is 0 Å². The maximum absolute atomic E-state index is 5.92. The Balaban J connectivity index is 1.61. The van der Waals surface area contributed by atoms with E-state index in [0.29, 0.717) is 29.1 Å². The quantitative estimate of drug-likeness (QED) is 0.270. The predicted molar refractivity (Wildman–Crippen MR) is 132 cm³/mol. The van der Waals surface area contributed by atoms with Gasteiger partial charge in [0.2, 0.25) is 0 Å². The van der Waals surface area contributed by atoms with Crippen LogP contribution in [0.4, 0.5) is 0 Å². The summed E-state index contributed by atoms with van der Waals surface area (Å²) in [6.45, 7) is 10.6. The molecule has 6 nitrogen and oxygen atoms in total. The SMILES string of the molecule is Cc1ccc(Oc2nc(Oc3ccc(C(C)C)cc3)nc(Oc3ccc(C(C)C)cc3)n2)cc1. The van der Waals surface area contributed by atoms with E-state index in [4.69, 9.17) is 14.2 Å². The Kier molecular flexibility index (Phi) is 7.07. The van der Waals surface area contributed by atoms with Crippen molar-refractivity contribution in [3.63, 3.8) is 0 Å². The minimum absolute atomic E-state index is 0.0847. The highest BCUT2D eigenvalue weighted by atomic mass is 16.5. The van der Waals surface area contributed by atoms with Crippen LogP contribution in [0.5, 0.6) is 35.3 Å². The van der Waals surface area contributed by atoms with Gasteiger partial charge in [-0.15, -0.1) is 15.0 Å². The standard InChI is InChI=1S/C28H29N3O3/c1-18(2)21-8-14-24(15-9-21)33-27-29-26(32-23-12-6-20(5)7-13-23)30-28(31-27)34-25-16-10-22(11-17-25)19(3)4/h6-19H,1-5H3. The lowest BCUT2D eigenvalue weighted by molar-refractivity contribution is 0.362. The van der Waals surface area contributed by atoms with Crippen molar-refractivity contribution in [1.82, 2.24) is 15.0 Å². The van der Waals surface area contributed by atoms with Crippen LogP contribution in [0.25, 0.3) is 0 Å². The molecule has 174 valence electrons. The van der Waals surface area contributed by atoms with Gasteiger partial charge in [0.25, 0.3) is 0 Å². The van der Waals surface area contributed by atoms with Crippen molar-refractivity contribution in [3.05, 3.63) is 89.5 Å². The van der Waals surface area contributed by atoms with Gasteiger partial charge in [-0.25, -0.2) is 0 Å². The summed E-state index contributed by atoms with van der Waals surface area (Å²) in [5.74, 6) is 2.70. The van der Waals surface area contributed by atoms with Gasteiger partial charge in [-0.3, -0.25) is 0 Å². The minimum Gasteiger partial charge on any atom is -0.424 e. The first kappa shape index (κ1) is 23.2. The molecule has 0 unspecified atom stereocenters. The molecular weight excluding hydrogens is 426 g/mol. The molecule has 34 heavy (non-hydrogen) atoms. The van der Waals surface area contributed by atoms with Gasteiger partial charge in [0.05, 0.1) is 0 Å². The first-order valence-corrected chi connectivity index (χ1v) is 11.4. The largest absolute Gasteiger partial charge is 0.424 e. The summed E-state index contributed by atoms with van der Waals surface area (Å²) in [5.41, 5.74) is 3.58. The molecular formula is C28H29N3O3. The van der Waals surface area contributed by atoms with E-state index in [1.807, 2.05) is 79.7 Å². The molecule has 0 atom stereocenters. The van der Waals surface area contributed by atoms with Gasteiger partial charge in [-0.05, 0) is 66.3 Å². The Morgan fingerprint density at radius 3 is 1.06 bits per heavy atom. The Morgan fingerprint density at radius 1 is 0.471 bits per heavy atom. The highest BCUT2D eigenvalue weighted by Crippen LogP contribution is 2.28. The van der Waals surface area contributed by atoms with E-state index in [0.717, 1.165) is 5.56 Å². The zero-order chi connectivity index (χ0) is 24.1. The van der Waals surface area contributed by atoms with Crippen LogP contribution in [0.3, 0.4) is 0 Å². The second-order valence-corrected chi connectivity index (χ2v) is 8.75. The van der Waals surface area contributed by atoms with Crippen molar-refractivity contribution < 1.29 is 14.2 Å². The molecule has 0 amide bonds. The third-order valence-corrected chi connectivity index (χ3v) is 5.32. The third-order valence-electron chi connectivity index (χ3n) is 5.32. The fourth-order valence-electron chi connectivity index (χ4n) is 3.22. The molecule has 1 aromatic heterocycles. The molecule has 0 radical (unpaired) electrons. The molecule has 3 aromatic carbocycles. The van der Waals surface area contributed by atoms with E-state index in [-0.39, 0.29) is 18.0 Å². The molecule has 0 N–H and O–H groups in total. The Morgan fingerprint density at radius 2 is 0.765 bits per heavy atom. The van der Waals surface area contributed by atoms with E-state index < -0.39 is 0 Å². The van der Waals surface area contributed by atoms with E-state index in [1.165, 1.54) is 11.1 Å². The lowest BCUT2D eigenvalue weighted by Crippen LogP contribution is -2.01. The Bertz CT molecular complexity index is 1150. The normalized spacial score (nSPS) is 11.0. The zero-order valence-corrected chi connectivity index (χ0v) is 20.1. The van der Waals surface area contributed by atoms with Crippen molar-refractivity contribution in [1.29, 1.82) is 0 Å². The molecule has 1 heterocycles. The average Bonchev–Trinajstić information content (AvgIpc) is 2.81. The van der Waals surface area contributed by atoms with Crippen LogP contribution in [-0.2, 0) is 0 Å². The predicted octanol–water partition coefficient (Wildman–Crippen LogP) is 7.80. The lowest BCUT2D eigenvalue weighted by Gasteiger charge is -2.11. The maximum atomic E-state index is 5.92. The summed E-state index contributed by atoms with van der Waals surface area (Å²) >= 11 is 0. The summed E-state index contributed by atoms with van der Waals surface area (Å²) in [5, 5.41) is 0. The topological polar surface area (TPSA) is 66.4 Å². The molecule has 6 heteroatoms. The number of aromatic nitrogens is 3. The highest BCUT2D eigenvalue weighted by Gasteiger charge is 2.13. The molecule has 4 rings (SSSR count). The van der Waals surface area contributed by atoms with Gasteiger partial charge in [-0.1, -0.05) is 69.7 Å². The number of ether oxygens (including phenoxy) is 3. The van der Waals surface area contributed by atoms with Crippen molar-refractivity contribution in [2.24, 2.45) is 0 Å². The van der Waals surface area contributed by atoms with Gasteiger partial charge < -0.3 is 14.2 Å². The molecule has 0 fully saturated rings. The van der Waals surface area contributed by atoms with Gasteiger partial charge in [-0.2, -0.15) is 0 Å². The highest BCUT2D eigenvalue weighted by molar-refractivity contribution is 5.34. The van der Waals surface area contributed by atoms with E-state index in [1.54, 1.807) is 0 Å². The van der Waals surface area contributed by atoms with Crippen LogP contribution in [0, 0.1) is 6.92 Å². The van der Waals surface area contributed by atoms with E-state index >= 15 is 0 Å². The summed E-state index contributed by atoms with van der Waals surface area (Å²) in [6, 6.07) is 23.6. The van der Waals surface area contributed by atoms with Gasteiger partial charge in [0.15, 0.2) is 0 Å². The number of hydrogen-bond donors (Lipinski definition) is 0. The van der Waals surface area contributed by atoms with Crippen molar-refractivity contribution in [3.8, 4) is 35.3 Å². The Labute approximate surface area is 200 Å². The van der Waals surface area contributed by atoms with Crippen molar-refractivity contribution >= 4 is 0 Å². The van der Waals surface area contributed by atoms with Crippen LogP contribution in [0.1, 0.15) is 56.2 Å². The molecule has 0 bridgehead atoms. The first-order chi connectivity index (χ1) is 16.4. The summed E-state index contributed by atoms with van der Waals surface area (Å²) in [6.07, 6.45) is 0. The molecule has 0 spiro atoms. The molecule has 4 aromatic rings. The number of hydrogen-bond acceptors (Lipinski definition) is 6. The fraction of sp³-hybridized carbons (Fsp3) is 0.250. The number of nitrogens with zero attached hydrogens (tertiary/aromatic N) is 3. The average molecular weight is 456 g/mol. The van der Waals surface area contributed by atoms with Crippen molar-refractivity contribution in [2.45, 2.75) is 46.5 Å². The second-order valence-electron chi connectivity index (χ2n) is 8.75. The van der Waals surface area contributed by atoms with E-state index in [2.05, 4.69) is 42.6 Å². The molecule has 0 saturated carbocycles. The minimum atomic E-state index is 0.0847. The Hall–Kier alpha value is -3.93. The maximum Gasteiger partial charge on any atom is 0.331 e. The monoisotopic (exact) mass is 455 g/mol. The fourth-order valence-corrected chi connectivity index (χ4v) is 3.22. The molecule has 0 aliphatic rings. The number of rotatable bonds is 8.